The van der Waals surface area contributed by atoms with Crippen molar-refractivity contribution in [2.75, 3.05) is 40.4 Å². The Labute approximate surface area is 287 Å². The van der Waals surface area contributed by atoms with Crippen LogP contribution in [0.25, 0.3) is 0 Å². The van der Waals surface area contributed by atoms with Gasteiger partial charge in [-0.25, -0.2) is 0 Å². The highest BCUT2D eigenvalue weighted by atomic mass is 16.7. The largest absolute Gasteiger partial charge is 0.459 e. The molecule has 0 spiro atoms. The normalized spacial score (nSPS) is 44.0. The smallest absolute Gasteiger partial charge is 0.316 e. The van der Waals surface area contributed by atoms with Crippen molar-refractivity contribution in [3.05, 3.63) is 0 Å². The van der Waals surface area contributed by atoms with Crippen molar-refractivity contribution in [1.82, 2.24) is 9.80 Å². The van der Waals surface area contributed by atoms with Crippen molar-refractivity contribution in [1.29, 1.82) is 0 Å². The molecule has 4 aliphatic rings. The van der Waals surface area contributed by atoms with Crippen LogP contribution in [-0.2, 0) is 33.3 Å². The van der Waals surface area contributed by atoms with Gasteiger partial charge < -0.3 is 48.9 Å². The molecule has 13 nitrogen and oxygen atoms in total. The van der Waals surface area contributed by atoms with E-state index in [2.05, 4.69) is 23.9 Å². The average molecular weight is 686 g/mol. The molecule has 2 bridgehead atoms. The molecule has 4 heterocycles. The highest BCUT2D eigenvalue weighted by Gasteiger charge is 2.52. The lowest BCUT2D eigenvalue weighted by Crippen LogP contribution is -2.60. The molecule has 4 fully saturated rings. The number of likely N-dealkylation sites (N-methyl/N-ethyl adjacent to an activating group) is 1. The van der Waals surface area contributed by atoms with E-state index in [4.69, 9.17) is 23.7 Å². The van der Waals surface area contributed by atoms with Crippen molar-refractivity contribution < 1.29 is 48.7 Å². The summed E-state index contributed by atoms with van der Waals surface area (Å²) in [7, 11) is 3.77. The van der Waals surface area contributed by atoms with E-state index in [0.29, 0.717) is 19.4 Å². The third kappa shape index (κ3) is 9.14. The van der Waals surface area contributed by atoms with Crippen molar-refractivity contribution in [3.63, 3.8) is 0 Å². The van der Waals surface area contributed by atoms with Crippen LogP contribution < -0.4 is 0 Å². The zero-order valence-corrected chi connectivity index (χ0v) is 31.0. The summed E-state index contributed by atoms with van der Waals surface area (Å²) in [6, 6.07) is -0.373. The van der Waals surface area contributed by atoms with Crippen molar-refractivity contribution in [3.8, 4) is 0 Å². The van der Waals surface area contributed by atoms with Crippen LogP contribution in [0.3, 0.4) is 0 Å². The minimum atomic E-state index is -1.65. The van der Waals surface area contributed by atoms with Crippen molar-refractivity contribution in [2.24, 2.45) is 22.9 Å². The molecule has 0 saturated carbocycles. The lowest BCUT2D eigenvalue weighted by Gasteiger charge is -2.48. The second kappa shape index (κ2) is 17.0. The van der Waals surface area contributed by atoms with E-state index >= 15 is 0 Å². The van der Waals surface area contributed by atoms with E-state index in [9.17, 15) is 25.0 Å². The molecule has 4 aliphatic heterocycles. The summed E-state index contributed by atoms with van der Waals surface area (Å²) in [6.07, 6.45) is -3.09. The minimum Gasteiger partial charge on any atom is -0.459 e. The molecule has 4 rings (SSSR count). The third-order valence-electron chi connectivity index (χ3n) is 10.7. The Bertz CT molecular complexity index is 1100. The number of carbonyl (C=O) groups excluding carboxylic acids is 2. The summed E-state index contributed by atoms with van der Waals surface area (Å²) in [5.74, 6) is -3.56. The van der Waals surface area contributed by atoms with Gasteiger partial charge in [0.05, 0.1) is 37.1 Å². The van der Waals surface area contributed by atoms with Gasteiger partial charge in [0, 0.05) is 24.5 Å². The fourth-order valence-electron chi connectivity index (χ4n) is 7.95. The number of oxime groups is 1. The molecule has 13 heteroatoms. The topological polar surface area (TPSA) is 160 Å². The van der Waals surface area contributed by atoms with Crippen molar-refractivity contribution in [2.45, 2.75) is 148 Å². The number of carbonyl (C=O) groups is 2. The molecule has 0 aromatic heterocycles. The standard InChI is InChI=1S/C35H63N3O10/c1-12-14-38-17-20(3)30-35(9,42)27(13-2)47-32(41)24(7)28(39)23(6)31(48-33-29(40)26(37(10)11)15-22(5)46-33)34(8,16-21(38)4)45-19-25(36-43)18-44-30/h20-24,26-27,29-31,33,40,42-43H,12-19H2,1-11H3/b36-25+/t20-,21+,22+,23-,24+,26-,27+,29+,30-,31+,33-,34+,35+/m0/s1. The first-order valence-corrected chi connectivity index (χ1v) is 17.7. The number of nitrogens with zero attached hydrogens (tertiary/aromatic N) is 3. The van der Waals surface area contributed by atoms with E-state index in [0.717, 1.165) is 13.0 Å². The minimum absolute atomic E-state index is 0.113. The predicted octanol–water partition coefficient (Wildman–Crippen LogP) is 2.86. The number of aliphatic hydroxyl groups excluding tert-OH is 1. The van der Waals surface area contributed by atoms with Gasteiger partial charge in [-0.1, -0.05) is 32.9 Å². The average Bonchev–Trinajstić information content (AvgIpc) is 3.02. The monoisotopic (exact) mass is 685 g/mol. The summed E-state index contributed by atoms with van der Waals surface area (Å²) in [6.45, 7) is 17.5. The van der Waals surface area contributed by atoms with Gasteiger partial charge in [-0.05, 0) is 86.9 Å². The third-order valence-corrected chi connectivity index (χ3v) is 10.7. The van der Waals surface area contributed by atoms with Gasteiger partial charge >= 0.3 is 5.97 Å². The molecule has 0 aliphatic carbocycles. The first kappa shape index (κ1) is 40.7. The molecular weight excluding hydrogens is 622 g/mol. The zero-order valence-electron chi connectivity index (χ0n) is 31.0. The second-order valence-corrected chi connectivity index (χ2v) is 15.1. The van der Waals surface area contributed by atoms with E-state index in [1.165, 1.54) is 6.92 Å². The van der Waals surface area contributed by atoms with Gasteiger partial charge in [0.15, 0.2) is 12.1 Å². The van der Waals surface area contributed by atoms with Crippen LogP contribution in [-0.4, -0.2) is 143 Å². The van der Waals surface area contributed by atoms with Gasteiger partial charge in [-0.3, -0.25) is 9.59 Å². The SMILES string of the molecule is CCCN1C[C@H](C)[C@@H]2OC/C(=N\O)CO[C@](C)(C[C@H]1C)[C@H](O[C@@H]1O[C@H](C)C[C@H](N(C)C)[C@H]1O)[C@@H](C)C(=O)[C@@H](C)C(=O)O[C@H](CC)[C@@]2(C)O. The zero-order chi connectivity index (χ0) is 36.1. The predicted molar refractivity (Wildman–Crippen MR) is 180 cm³/mol. The summed E-state index contributed by atoms with van der Waals surface area (Å²) in [4.78, 5) is 32.2. The van der Waals surface area contributed by atoms with Crippen LogP contribution in [0, 0.1) is 17.8 Å². The van der Waals surface area contributed by atoms with E-state index < -0.39 is 65.5 Å². The lowest BCUT2D eigenvalue weighted by atomic mass is 9.79. The molecule has 0 radical (unpaired) electrons. The Balaban J connectivity index is 2.26. The number of esters is 1. The number of fused-ring (bicyclic) bond motifs is 15. The Kier molecular flexibility index (Phi) is 14.4. The Morgan fingerprint density at radius 2 is 1.75 bits per heavy atom. The highest BCUT2D eigenvalue weighted by molar-refractivity contribution is 6.00. The number of ether oxygens (including phenoxy) is 5. The van der Waals surface area contributed by atoms with E-state index in [-0.39, 0.29) is 49.5 Å². The number of rotatable bonds is 6. The number of hydrogen-bond donors (Lipinski definition) is 3. The molecule has 13 atom stereocenters. The highest BCUT2D eigenvalue weighted by Crippen LogP contribution is 2.38. The fraction of sp³-hybridized carbons (Fsp3) is 0.914. The van der Waals surface area contributed by atoms with Crippen LogP contribution >= 0.6 is 0 Å². The van der Waals surface area contributed by atoms with Gasteiger partial charge in [-0.2, -0.15) is 0 Å². The fourth-order valence-corrected chi connectivity index (χ4v) is 7.95. The molecule has 0 unspecified atom stereocenters. The van der Waals surface area contributed by atoms with Gasteiger partial charge in [0.2, 0.25) is 0 Å². The quantitative estimate of drug-likeness (QED) is 0.163. The number of aliphatic hydroxyl groups is 2. The molecule has 3 N–H and O–H groups in total. The van der Waals surface area contributed by atoms with Crippen LogP contribution in [0.5, 0.6) is 0 Å². The Morgan fingerprint density at radius 3 is 2.33 bits per heavy atom. The first-order valence-electron chi connectivity index (χ1n) is 17.7. The maximum atomic E-state index is 14.3. The maximum Gasteiger partial charge on any atom is 0.316 e. The number of ketones is 1. The molecule has 4 saturated heterocycles. The number of hydrogen-bond acceptors (Lipinski definition) is 13. The molecule has 48 heavy (non-hydrogen) atoms. The van der Waals surface area contributed by atoms with E-state index in [1.807, 2.05) is 39.8 Å². The molecule has 278 valence electrons. The number of Topliss-reactive ketones (excluding diaryl/α,β-unsaturated/α-hetero) is 1. The maximum absolute atomic E-state index is 14.3. The van der Waals surface area contributed by atoms with Crippen LogP contribution in [0.15, 0.2) is 5.16 Å². The van der Waals surface area contributed by atoms with Crippen molar-refractivity contribution >= 4 is 17.5 Å². The second-order valence-electron chi connectivity index (χ2n) is 15.1. The van der Waals surface area contributed by atoms with Crippen LogP contribution in [0.1, 0.15) is 88.0 Å². The molecular formula is C35H63N3O10. The van der Waals surface area contributed by atoms with Gasteiger partial charge in [-0.15, -0.1) is 0 Å². The first-order chi connectivity index (χ1) is 22.4. The van der Waals surface area contributed by atoms with Crippen LogP contribution in [0.4, 0.5) is 0 Å². The summed E-state index contributed by atoms with van der Waals surface area (Å²) >= 11 is 0. The summed E-state index contributed by atoms with van der Waals surface area (Å²) < 4.78 is 31.8. The van der Waals surface area contributed by atoms with Gasteiger partial charge in [0.25, 0.3) is 0 Å². The van der Waals surface area contributed by atoms with Gasteiger partial charge in [0.1, 0.15) is 29.4 Å². The summed E-state index contributed by atoms with van der Waals surface area (Å²) in [5, 5.41) is 37.1. The molecule has 0 amide bonds. The Morgan fingerprint density at radius 1 is 1.08 bits per heavy atom. The molecule has 0 aromatic rings. The lowest BCUT2D eigenvalue weighted by molar-refractivity contribution is -0.296. The Hall–Kier alpha value is -1.71. The molecule has 0 aromatic carbocycles. The summed E-state index contributed by atoms with van der Waals surface area (Å²) in [5.41, 5.74) is -2.69. The van der Waals surface area contributed by atoms with Crippen LogP contribution in [0.2, 0.25) is 0 Å². The van der Waals surface area contributed by atoms with E-state index in [1.54, 1.807) is 20.8 Å².